The summed E-state index contributed by atoms with van der Waals surface area (Å²) in [7, 11) is -3.18. The molecular weight excluding hydrogens is 577 g/mol. The number of unbranched alkanes of at least 4 members (excludes halogenated alkanes) is 9. The Morgan fingerprint density at radius 3 is 1.07 bits per heavy atom. The lowest BCUT2D eigenvalue weighted by Gasteiger charge is -2.15. The highest BCUT2D eigenvalue weighted by Crippen LogP contribution is 2.21. The van der Waals surface area contributed by atoms with Crippen LogP contribution in [0.15, 0.2) is 24.8 Å². The minimum Gasteiger partial charge on any atom is -0.388 e. The van der Waals surface area contributed by atoms with Gasteiger partial charge in [0.1, 0.15) is 16.1 Å². The van der Waals surface area contributed by atoms with Crippen molar-refractivity contribution in [3.05, 3.63) is 47.6 Å². The number of aliphatic hydroxyl groups is 2. The molecule has 2 aromatic heterocycles. The zero-order valence-electron chi connectivity index (χ0n) is 28.8. The molecule has 0 aromatic carbocycles. The highest BCUT2D eigenvalue weighted by molar-refractivity contribution is 6.85. The molecule has 8 heteroatoms. The van der Waals surface area contributed by atoms with E-state index in [-0.39, 0.29) is 11.8 Å². The molecule has 242 valence electrons. The topological polar surface area (TPSA) is 92.0 Å². The molecule has 2 heterocycles. The second kappa shape index (κ2) is 19.2. The molecule has 2 rings (SSSR count). The maximum atomic E-state index is 10.2. The lowest BCUT2D eigenvalue weighted by atomic mass is 10.0. The third kappa shape index (κ3) is 15.1. The van der Waals surface area contributed by atoms with Crippen LogP contribution in [0.5, 0.6) is 0 Å². The monoisotopic (exact) mass is 634 g/mol. The summed E-state index contributed by atoms with van der Waals surface area (Å²) in [5.41, 5.74) is 8.50. The van der Waals surface area contributed by atoms with Crippen molar-refractivity contribution in [1.82, 2.24) is 19.9 Å². The summed E-state index contributed by atoms with van der Waals surface area (Å²) in [5, 5.41) is 20.3. The molecule has 0 spiro atoms. The van der Waals surface area contributed by atoms with Crippen molar-refractivity contribution >= 4 is 16.1 Å². The Labute approximate surface area is 270 Å². The molecule has 2 aromatic rings. The van der Waals surface area contributed by atoms with E-state index in [1.165, 1.54) is 76.3 Å². The molecule has 0 saturated carbocycles. The molecule has 0 fully saturated rings. The average molecular weight is 635 g/mol. The first-order chi connectivity index (χ1) is 20.8. The molecule has 2 N–H and O–H groups in total. The van der Waals surface area contributed by atoms with Gasteiger partial charge >= 0.3 is 0 Å². The SMILES string of the molecule is CC(C)[C@H](O)c1cnc(C#C[Si](C)(C)CCCCCCCCCCCC[Si](C)(C)C#Cc2ncc([C@@H](O)C(C)C)cn2)nc1. The number of aliphatic hydroxyl groups excluding tert-OH is 2. The van der Waals surface area contributed by atoms with Crippen molar-refractivity contribution in [1.29, 1.82) is 0 Å². The first-order valence-corrected chi connectivity index (χ1v) is 23.3. The van der Waals surface area contributed by atoms with Gasteiger partial charge in [-0.3, -0.25) is 0 Å². The van der Waals surface area contributed by atoms with Gasteiger partial charge in [0.2, 0.25) is 11.6 Å². The van der Waals surface area contributed by atoms with Crippen LogP contribution >= 0.6 is 0 Å². The molecule has 44 heavy (non-hydrogen) atoms. The van der Waals surface area contributed by atoms with Crippen LogP contribution < -0.4 is 0 Å². The van der Waals surface area contributed by atoms with Crippen molar-refractivity contribution in [2.24, 2.45) is 11.8 Å². The first-order valence-electron chi connectivity index (χ1n) is 16.9. The summed E-state index contributed by atoms with van der Waals surface area (Å²) < 4.78 is 0. The summed E-state index contributed by atoms with van der Waals surface area (Å²) in [6, 6.07) is 2.44. The molecule has 0 amide bonds. The number of hydrogen-bond acceptors (Lipinski definition) is 6. The van der Waals surface area contributed by atoms with Gasteiger partial charge in [0.15, 0.2) is 0 Å². The largest absolute Gasteiger partial charge is 0.388 e. The average Bonchev–Trinajstić information content (AvgIpc) is 2.99. The smallest absolute Gasteiger partial charge is 0.204 e. The second-order valence-electron chi connectivity index (χ2n) is 14.4. The van der Waals surface area contributed by atoms with Crippen molar-refractivity contribution in [3.8, 4) is 22.9 Å². The molecule has 0 bridgehead atoms. The lowest BCUT2D eigenvalue weighted by Crippen LogP contribution is -2.23. The molecule has 0 aliphatic rings. The van der Waals surface area contributed by atoms with E-state index >= 15 is 0 Å². The Bertz CT molecular complexity index is 1130. The fourth-order valence-electron chi connectivity index (χ4n) is 5.00. The quantitative estimate of drug-likeness (QED) is 0.103. The van der Waals surface area contributed by atoms with Crippen molar-refractivity contribution < 1.29 is 10.2 Å². The first kappa shape index (κ1) is 37.8. The minimum atomic E-state index is -1.59. The molecular formula is C36H58N4O2Si2. The maximum absolute atomic E-state index is 10.2. The van der Waals surface area contributed by atoms with Gasteiger partial charge in [-0.25, -0.2) is 19.9 Å². The van der Waals surface area contributed by atoms with E-state index < -0.39 is 28.4 Å². The van der Waals surface area contributed by atoms with Crippen LogP contribution in [0.4, 0.5) is 0 Å². The molecule has 0 radical (unpaired) electrons. The summed E-state index contributed by atoms with van der Waals surface area (Å²) in [4.78, 5) is 17.4. The van der Waals surface area contributed by atoms with Gasteiger partial charge in [-0.05, 0) is 35.8 Å². The Balaban J connectivity index is 1.53. The fourth-order valence-corrected chi connectivity index (χ4v) is 8.42. The van der Waals surface area contributed by atoms with Crippen LogP contribution in [0.1, 0.15) is 127 Å². The minimum absolute atomic E-state index is 0.142. The number of rotatable bonds is 17. The number of aromatic nitrogens is 4. The molecule has 0 saturated heterocycles. The fraction of sp³-hybridized carbons (Fsp3) is 0.667. The highest BCUT2D eigenvalue weighted by atomic mass is 28.3. The molecule has 0 aliphatic carbocycles. The Morgan fingerprint density at radius 1 is 0.523 bits per heavy atom. The van der Waals surface area contributed by atoms with E-state index in [0.717, 1.165) is 11.1 Å². The maximum Gasteiger partial charge on any atom is 0.204 e. The van der Waals surface area contributed by atoms with Crippen LogP contribution in [-0.2, 0) is 0 Å². The number of hydrogen-bond donors (Lipinski definition) is 2. The van der Waals surface area contributed by atoms with Crippen LogP contribution in [0.2, 0.25) is 38.3 Å². The Morgan fingerprint density at radius 2 is 0.795 bits per heavy atom. The highest BCUT2D eigenvalue weighted by Gasteiger charge is 2.19. The summed E-state index contributed by atoms with van der Waals surface area (Å²) in [6.45, 7) is 17.3. The van der Waals surface area contributed by atoms with E-state index in [2.05, 4.69) is 69.1 Å². The molecule has 0 aliphatic heterocycles. The Hall–Kier alpha value is -2.37. The van der Waals surface area contributed by atoms with Crippen LogP contribution in [0.25, 0.3) is 0 Å². The molecule has 0 unspecified atom stereocenters. The van der Waals surface area contributed by atoms with Crippen LogP contribution in [0, 0.1) is 34.8 Å². The summed E-state index contributed by atoms with van der Waals surface area (Å²) >= 11 is 0. The van der Waals surface area contributed by atoms with Gasteiger partial charge in [0.25, 0.3) is 0 Å². The Kier molecular flexibility index (Phi) is 16.5. The van der Waals surface area contributed by atoms with Crippen molar-refractivity contribution in [3.63, 3.8) is 0 Å². The summed E-state index contributed by atoms with van der Waals surface area (Å²) in [5.74, 6) is 7.78. The molecule has 6 nitrogen and oxygen atoms in total. The normalized spacial score (nSPS) is 13.3. The van der Waals surface area contributed by atoms with Gasteiger partial charge < -0.3 is 10.2 Å². The van der Waals surface area contributed by atoms with Crippen molar-refractivity contribution in [2.75, 3.05) is 0 Å². The predicted molar refractivity (Wildman–Crippen MR) is 188 cm³/mol. The van der Waals surface area contributed by atoms with Gasteiger partial charge in [-0.2, -0.15) is 0 Å². The van der Waals surface area contributed by atoms with E-state index in [4.69, 9.17) is 0 Å². The van der Waals surface area contributed by atoms with Gasteiger partial charge in [0, 0.05) is 35.9 Å². The second-order valence-corrected chi connectivity index (χ2v) is 23.4. The summed E-state index contributed by atoms with van der Waals surface area (Å²) in [6.07, 6.45) is 18.9. The zero-order valence-corrected chi connectivity index (χ0v) is 30.8. The van der Waals surface area contributed by atoms with E-state index in [0.29, 0.717) is 11.6 Å². The predicted octanol–water partition coefficient (Wildman–Crippen LogP) is 8.44. The van der Waals surface area contributed by atoms with E-state index in [9.17, 15) is 10.2 Å². The van der Waals surface area contributed by atoms with E-state index in [1.807, 2.05) is 27.7 Å². The van der Waals surface area contributed by atoms with Gasteiger partial charge in [-0.1, -0.05) is 118 Å². The zero-order chi connectivity index (χ0) is 32.6. The standard InChI is InChI=1S/C36H58N4O2Si2/c1-29(2)35(41)31-25-37-33(38-26-31)19-23-43(5,6)21-17-15-13-11-9-10-12-14-16-18-22-44(7,8)24-20-34-39-27-32(28-40-34)36(42)30(3)4/h25-30,35-36,41-42H,9-18,21-22H2,1-8H3/t35-,36-/m0/s1. The lowest BCUT2D eigenvalue weighted by molar-refractivity contribution is 0.126. The van der Waals surface area contributed by atoms with E-state index in [1.54, 1.807) is 24.8 Å². The van der Waals surface area contributed by atoms with Gasteiger partial charge in [-0.15, -0.1) is 11.1 Å². The van der Waals surface area contributed by atoms with Crippen LogP contribution in [0.3, 0.4) is 0 Å². The van der Waals surface area contributed by atoms with Crippen molar-refractivity contribution in [2.45, 2.75) is 142 Å². The van der Waals surface area contributed by atoms with Crippen LogP contribution in [-0.4, -0.2) is 46.3 Å². The molecule has 2 atom stereocenters. The third-order valence-electron chi connectivity index (χ3n) is 8.17. The number of nitrogens with zero attached hydrogens (tertiary/aromatic N) is 4. The third-order valence-corrected chi connectivity index (χ3v) is 13.0. The van der Waals surface area contributed by atoms with Gasteiger partial charge in [0.05, 0.1) is 12.2 Å².